The molecule has 3 aromatic carbocycles. The van der Waals surface area contributed by atoms with Crippen molar-refractivity contribution in [2.75, 3.05) is 4.90 Å². The van der Waals surface area contributed by atoms with Crippen LogP contribution in [0.1, 0.15) is 19.4 Å². The van der Waals surface area contributed by atoms with Crippen molar-refractivity contribution in [1.29, 1.82) is 0 Å². The molecule has 0 spiro atoms. The van der Waals surface area contributed by atoms with Crippen molar-refractivity contribution in [3.05, 3.63) is 78.4 Å². The van der Waals surface area contributed by atoms with Gasteiger partial charge in [-0.15, -0.1) is 0 Å². The van der Waals surface area contributed by atoms with Gasteiger partial charge < -0.3 is 24.6 Å². The largest absolute Gasteiger partial charge is 0.465 e. The van der Waals surface area contributed by atoms with Crippen molar-refractivity contribution < 1.29 is 19.7 Å². The summed E-state index contributed by atoms with van der Waals surface area (Å²) >= 11 is 0. The molecule has 2 unspecified atom stereocenters. The van der Waals surface area contributed by atoms with E-state index in [-0.39, 0.29) is 0 Å². The Bertz CT molecular complexity index is 818. The summed E-state index contributed by atoms with van der Waals surface area (Å²) in [4.78, 5) is 2.11. The number of anilines is 3. The van der Waals surface area contributed by atoms with E-state index in [4.69, 9.17) is 9.47 Å². The summed E-state index contributed by atoms with van der Waals surface area (Å²) < 4.78 is 10.7. The van der Waals surface area contributed by atoms with Crippen LogP contribution in [-0.4, -0.2) is 22.8 Å². The molecular weight excluding hydrogens is 354 g/mol. The van der Waals surface area contributed by atoms with Crippen LogP contribution in [0.25, 0.3) is 0 Å². The van der Waals surface area contributed by atoms with Gasteiger partial charge in [0.2, 0.25) is 0 Å². The monoisotopic (exact) mass is 379 g/mol. The van der Waals surface area contributed by atoms with Crippen molar-refractivity contribution >= 4 is 17.1 Å². The second kappa shape index (κ2) is 8.78. The van der Waals surface area contributed by atoms with Gasteiger partial charge in [0, 0.05) is 17.1 Å². The predicted molar refractivity (Wildman–Crippen MR) is 110 cm³/mol. The molecule has 0 aliphatic rings. The summed E-state index contributed by atoms with van der Waals surface area (Å²) in [6.45, 7) is 5.20. The first-order valence-corrected chi connectivity index (χ1v) is 9.19. The molecule has 28 heavy (non-hydrogen) atoms. The average Bonchev–Trinajstić information content (AvgIpc) is 2.65. The highest BCUT2D eigenvalue weighted by Crippen LogP contribution is 2.36. The Morgan fingerprint density at radius 3 is 1.25 bits per heavy atom. The number of benzene rings is 3. The van der Waals surface area contributed by atoms with Crippen LogP contribution in [0.2, 0.25) is 0 Å². The number of nitrogens with zero attached hydrogens (tertiary/aromatic N) is 1. The molecule has 2 atom stereocenters. The van der Waals surface area contributed by atoms with Crippen LogP contribution in [0.4, 0.5) is 17.1 Å². The third-order valence-electron chi connectivity index (χ3n) is 4.10. The van der Waals surface area contributed by atoms with Crippen molar-refractivity contribution in [3.63, 3.8) is 0 Å². The molecule has 3 aromatic rings. The molecule has 5 heteroatoms. The molecule has 0 aliphatic carbocycles. The molecule has 0 heterocycles. The van der Waals surface area contributed by atoms with E-state index in [1.165, 1.54) is 5.56 Å². The number of aliphatic hydroxyl groups excluding tert-OH is 2. The standard InChI is InChI=1S/C23H25NO4/c1-16-4-6-19(7-5-16)24(20-8-12-22(13-9-20)27-17(2)25)21-10-14-23(15-11-21)28-18(3)26/h4-15,17-18,25-26H,1-3H3. The van der Waals surface area contributed by atoms with Crippen LogP contribution in [-0.2, 0) is 0 Å². The van der Waals surface area contributed by atoms with Crippen molar-refractivity contribution in [3.8, 4) is 11.5 Å². The second-order valence-electron chi connectivity index (χ2n) is 6.59. The molecule has 0 fully saturated rings. The molecule has 0 aliphatic heterocycles. The molecular formula is C23H25NO4. The molecule has 5 nitrogen and oxygen atoms in total. The van der Waals surface area contributed by atoms with E-state index < -0.39 is 12.6 Å². The lowest BCUT2D eigenvalue weighted by Crippen LogP contribution is -2.12. The molecule has 0 saturated carbocycles. The van der Waals surface area contributed by atoms with Crippen molar-refractivity contribution in [2.24, 2.45) is 0 Å². The first-order chi connectivity index (χ1) is 13.4. The van der Waals surface area contributed by atoms with Gasteiger partial charge in [0.25, 0.3) is 0 Å². The van der Waals surface area contributed by atoms with Gasteiger partial charge in [0.05, 0.1) is 0 Å². The van der Waals surface area contributed by atoms with Gasteiger partial charge in [-0.2, -0.15) is 0 Å². The molecule has 0 bridgehead atoms. The Labute approximate surface area is 165 Å². The second-order valence-corrected chi connectivity index (χ2v) is 6.59. The zero-order valence-electron chi connectivity index (χ0n) is 16.2. The fourth-order valence-corrected chi connectivity index (χ4v) is 2.88. The summed E-state index contributed by atoms with van der Waals surface area (Å²) in [7, 11) is 0. The summed E-state index contributed by atoms with van der Waals surface area (Å²) in [5.74, 6) is 1.20. The first-order valence-electron chi connectivity index (χ1n) is 9.19. The molecule has 0 aromatic heterocycles. The Kier molecular flexibility index (Phi) is 6.19. The lowest BCUT2D eigenvalue weighted by molar-refractivity contribution is -0.000859. The third-order valence-corrected chi connectivity index (χ3v) is 4.10. The Morgan fingerprint density at radius 1 is 0.607 bits per heavy atom. The highest BCUT2D eigenvalue weighted by atomic mass is 16.6. The number of rotatable bonds is 7. The number of hydrogen-bond acceptors (Lipinski definition) is 5. The van der Waals surface area contributed by atoms with Crippen LogP contribution in [0.5, 0.6) is 11.5 Å². The van der Waals surface area contributed by atoms with E-state index in [0.717, 1.165) is 17.1 Å². The summed E-state index contributed by atoms with van der Waals surface area (Å²) in [6, 6.07) is 23.3. The van der Waals surface area contributed by atoms with E-state index in [0.29, 0.717) is 11.5 Å². The van der Waals surface area contributed by atoms with Crippen molar-refractivity contribution in [2.45, 2.75) is 33.4 Å². The highest BCUT2D eigenvalue weighted by molar-refractivity contribution is 5.77. The Balaban J connectivity index is 1.97. The third kappa shape index (κ3) is 5.03. The quantitative estimate of drug-likeness (QED) is 0.572. The van der Waals surface area contributed by atoms with E-state index in [2.05, 4.69) is 36.1 Å². The minimum Gasteiger partial charge on any atom is -0.465 e. The number of hydrogen-bond donors (Lipinski definition) is 2. The van der Waals surface area contributed by atoms with E-state index >= 15 is 0 Å². The van der Waals surface area contributed by atoms with Gasteiger partial charge in [-0.1, -0.05) is 17.7 Å². The van der Waals surface area contributed by atoms with Gasteiger partial charge >= 0.3 is 0 Å². The summed E-state index contributed by atoms with van der Waals surface area (Å²) in [5.41, 5.74) is 4.10. The van der Waals surface area contributed by atoms with Crippen LogP contribution in [0.15, 0.2) is 72.8 Å². The number of aliphatic hydroxyl groups is 2. The maximum absolute atomic E-state index is 9.39. The zero-order valence-corrected chi connectivity index (χ0v) is 16.2. The van der Waals surface area contributed by atoms with Crippen LogP contribution < -0.4 is 14.4 Å². The molecule has 0 saturated heterocycles. The minimum absolute atomic E-state index is 0.600. The minimum atomic E-state index is -0.861. The molecule has 2 N–H and O–H groups in total. The lowest BCUT2D eigenvalue weighted by Gasteiger charge is -2.26. The van der Waals surface area contributed by atoms with Gasteiger partial charge in [0.15, 0.2) is 12.6 Å². The van der Waals surface area contributed by atoms with E-state index in [9.17, 15) is 10.2 Å². The first kappa shape index (κ1) is 19.7. The maximum Gasteiger partial charge on any atom is 0.194 e. The van der Waals surface area contributed by atoms with E-state index in [1.807, 2.05) is 48.5 Å². The van der Waals surface area contributed by atoms with Crippen LogP contribution >= 0.6 is 0 Å². The van der Waals surface area contributed by atoms with Crippen LogP contribution in [0, 0.1) is 6.92 Å². The van der Waals surface area contributed by atoms with E-state index in [1.54, 1.807) is 13.8 Å². The Hall–Kier alpha value is -3.02. The Morgan fingerprint density at radius 2 is 0.929 bits per heavy atom. The molecule has 0 amide bonds. The van der Waals surface area contributed by atoms with Gasteiger partial charge in [0.1, 0.15) is 11.5 Å². The van der Waals surface area contributed by atoms with Gasteiger partial charge in [-0.25, -0.2) is 0 Å². The highest BCUT2D eigenvalue weighted by Gasteiger charge is 2.13. The SMILES string of the molecule is Cc1ccc(N(c2ccc(OC(C)O)cc2)c2ccc(OC(C)O)cc2)cc1. The maximum atomic E-state index is 9.39. The van der Waals surface area contributed by atoms with Crippen LogP contribution in [0.3, 0.4) is 0 Å². The van der Waals surface area contributed by atoms with Crippen molar-refractivity contribution in [1.82, 2.24) is 0 Å². The lowest BCUT2D eigenvalue weighted by atomic mass is 10.1. The smallest absolute Gasteiger partial charge is 0.194 e. The topological polar surface area (TPSA) is 62.2 Å². The fourth-order valence-electron chi connectivity index (χ4n) is 2.88. The van der Waals surface area contributed by atoms with Gasteiger partial charge in [-0.05, 0) is 81.4 Å². The zero-order chi connectivity index (χ0) is 20.1. The number of ether oxygens (including phenoxy) is 2. The normalized spacial score (nSPS) is 12.9. The fraction of sp³-hybridized carbons (Fsp3) is 0.217. The van der Waals surface area contributed by atoms with Gasteiger partial charge in [-0.3, -0.25) is 0 Å². The summed E-state index contributed by atoms with van der Waals surface area (Å²) in [5, 5.41) is 18.8. The number of aryl methyl sites for hydroxylation is 1. The predicted octanol–water partition coefficient (Wildman–Crippen LogP) is 4.90. The average molecular weight is 379 g/mol. The molecule has 0 radical (unpaired) electrons. The molecule has 3 rings (SSSR count). The molecule has 146 valence electrons. The summed E-state index contributed by atoms with van der Waals surface area (Å²) in [6.07, 6.45) is -1.72.